The molecular weight excluding hydrogens is 276 g/mol. The molecule has 20 heavy (non-hydrogen) atoms. The summed E-state index contributed by atoms with van der Waals surface area (Å²) < 4.78 is 11.1. The topological polar surface area (TPSA) is 47.7 Å². The van der Waals surface area contributed by atoms with Gasteiger partial charge in [-0.1, -0.05) is 18.5 Å². The highest BCUT2D eigenvalue weighted by molar-refractivity contribution is 6.32. The van der Waals surface area contributed by atoms with E-state index in [0.29, 0.717) is 22.7 Å². The average molecular weight is 297 g/mol. The van der Waals surface area contributed by atoms with Gasteiger partial charge >= 0.3 is 0 Å². The van der Waals surface area contributed by atoms with Crippen LogP contribution >= 0.6 is 11.6 Å². The number of halogens is 1. The molecule has 0 radical (unpaired) electrons. The molecule has 3 rings (SSSR count). The van der Waals surface area contributed by atoms with Crippen molar-refractivity contribution in [3.05, 3.63) is 22.2 Å². The molecule has 0 spiro atoms. The summed E-state index contributed by atoms with van der Waals surface area (Å²) in [6, 6.07) is 2.42. The highest BCUT2D eigenvalue weighted by Gasteiger charge is 2.34. The van der Waals surface area contributed by atoms with Crippen LogP contribution < -0.4 is 15.2 Å². The molecule has 1 fully saturated rings. The van der Waals surface area contributed by atoms with E-state index >= 15 is 0 Å². The molecule has 0 bridgehead atoms. The van der Waals surface area contributed by atoms with Crippen molar-refractivity contribution in [2.45, 2.75) is 25.8 Å². The molecule has 0 aliphatic carbocycles. The Bertz CT molecular complexity index is 521. The Hall–Kier alpha value is -0.970. The van der Waals surface area contributed by atoms with Crippen molar-refractivity contribution in [3.63, 3.8) is 0 Å². The Labute approximate surface area is 124 Å². The third kappa shape index (κ3) is 2.16. The minimum absolute atomic E-state index is 0.261. The van der Waals surface area contributed by atoms with Crippen LogP contribution in [0.4, 0.5) is 0 Å². The molecule has 2 N–H and O–H groups in total. The van der Waals surface area contributed by atoms with Gasteiger partial charge in [-0.25, -0.2) is 0 Å². The highest BCUT2D eigenvalue weighted by Crippen LogP contribution is 2.47. The fraction of sp³-hybridized carbons (Fsp3) is 0.600. The number of hydrogen-bond acceptors (Lipinski definition) is 4. The van der Waals surface area contributed by atoms with Crippen molar-refractivity contribution < 1.29 is 9.47 Å². The van der Waals surface area contributed by atoms with E-state index in [1.165, 1.54) is 11.1 Å². The molecule has 1 saturated heterocycles. The molecular formula is C15H21ClN2O2. The number of fused-ring (bicyclic) bond motifs is 1. The number of likely N-dealkylation sites (tertiary alicyclic amines) is 1. The van der Waals surface area contributed by atoms with E-state index in [9.17, 15) is 0 Å². The van der Waals surface area contributed by atoms with Crippen LogP contribution in [0.1, 0.15) is 30.5 Å². The molecule has 1 aromatic rings. The summed E-state index contributed by atoms with van der Waals surface area (Å²) >= 11 is 6.35. The first-order chi connectivity index (χ1) is 9.65. The van der Waals surface area contributed by atoms with E-state index in [2.05, 4.69) is 18.9 Å². The first-order valence-electron chi connectivity index (χ1n) is 7.16. The molecule has 0 aromatic heterocycles. The summed E-state index contributed by atoms with van der Waals surface area (Å²) in [6.07, 6.45) is 1.99. The third-order valence-electron chi connectivity index (χ3n) is 4.42. The predicted molar refractivity (Wildman–Crippen MR) is 79.5 cm³/mol. The van der Waals surface area contributed by atoms with Crippen LogP contribution in [0.25, 0.3) is 0 Å². The predicted octanol–water partition coefficient (Wildman–Crippen LogP) is 2.58. The second-order valence-corrected chi connectivity index (χ2v) is 6.04. The van der Waals surface area contributed by atoms with E-state index in [0.717, 1.165) is 31.7 Å². The van der Waals surface area contributed by atoms with Gasteiger partial charge in [-0.3, -0.25) is 4.90 Å². The first-order valence-corrected chi connectivity index (χ1v) is 7.54. The van der Waals surface area contributed by atoms with Gasteiger partial charge < -0.3 is 15.2 Å². The lowest BCUT2D eigenvalue weighted by Crippen LogP contribution is -2.21. The molecule has 4 nitrogen and oxygen atoms in total. The minimum Gasteiger partial charge on any atom is -0.453 e. The fourth-order valence-corrected chi connectivity index (χ4v) is 3.66. The van der Waals surface area contributed by atoms with Crippen LogP contribution in [0.15, 0.2) is 6.07 Å². The van der Waals surface area contributed by atoms with Crippen LogP contribution in [0, 0.1) is 5.92 Å². The van der Waals surface area contributed by atoms with Crippen LogP contribution in [0.5, 0.6) is 11.5 Å². The van der Waals surface area contributed by atoms with Gasteiger partial charge in [0.2, 0.25) is 6.79 Å². The maximum absolute atomic E-state index is 6.35. The Morgan fingerprint density at radius 1 is 1.40 bits per heavy atom. The van der Waals surface area contributed by atoms with Gasteiger partial charge in [0, 0.05) is 18.2 Å². The Kier molecular flexibility index (Phi) is 3.80. The highest BCUT2D eigenvalue weighted by atomic mass is 35.5. The molecule has 2 heterocycles. The summed E-state index contributed by atoms with van der Waals surface area (Å²) in [5, 5.41) is 0.647. The minimum atomic E-state index is 0.261. The molecule has 1 aromatic carbocycles. The zero-order chi connectivity index (χ0) is 14.3. The van der Waals surface area contributed by atoms with Gasteiger partial charge in [-0.15, -0.1) is 0 Å². The maximum Gasteiger partial charge on any atom is 0.231 e. The molecule has 2 aliphatic heterocycles. The van der Waals surface area contributed by atoms with Gasteiger partial charge in [0.15, 0.2) is 11.5 Å². The normalized spacial score (nSPS) is 25.4. The summed E-state index contributed by atoms with van der Waals surface area (Å²) in [5.74, 6) is 2.08. The molecule has 5 heteroatoms. The molecule has 2 aliphatic rings. The maximum atomic E-state index is 6.35. The van der Waals surface area contributed by atoms with Crippen molar-refractivity contribution in [1.82, 2.24) is 4.90 Å². The number of benzene rings is 1. The monoisotopic (exact) mass is 296 g/mol. The quantitative estimate of drug-likeness (QED) is 0.931. The average Bonchev–Trinajstić information content (AvgIpc) is 3.05. The SMILES string of the molecule is CCc1c(C2CC(CN)CN2C)cc(Cl)c2c1OCO2. The van der Waals surface area contributed by atoms with Crippen LogP contribution in [0.3, 0.4) is 0 Å². The lowest BCUT2D eigenvalue weighted by Gasteiger charge is -2.23. The van der Waals surface area contributed by atoms with Crippen molar-refractivity contribution in [1.29, 1.82) is 0 Å². The second-order valence-electron chi connectivity index (χ2n) is 5.64. The molecule has 2 atom stereocenters. The zero-order valence-electron chi connectivity index (χ0n) is 12.0. The van der Waals surface area contributed by atoms with Crippen molar-refractivity contribution >= 4 is 11.6 Å². The molecule has 110 valence electrons. The fourth-order valence-electron chi connectivity index (χ4n) is 3.40. The van der Waals surface area contributed by atoms with E-state index in [1.807, 2.05) is 6.07 Å². The number of nitrogens with two attached hydrogens (primary N) is 1. The largest absolute Gasteiger partial charge is 0.453 e. The smallest absolute Gasteiger partial charge is 0.231 e. The van der Waals surface area contributed by atoms with E-state index in [4.69, 9.17) is 26.8 Å². The van der Waals surface area contributed by atoms with Gasteiger partial charge in [-0.05, 0) is 44.0 Å². The Balaban J connectivity index is 2.03. The van der Waals surface area contributed by atoms with Crippen LogP contribution in [-0.2, 0) is 6.42 Å². The summed E-state index contributed by atoms with van der Waals surface area (Å²) in [7, 11) is 2.15. The van der Waals surface area contributed by atoms with Crippen molar-refractivity contribution in [2.75, 3.05) is 26.9 Å². The summed E-state index contributed by atoms with van der Waals surface area (Å²) in [5.41, 5.74) is 8.31. The molecule has 0 saturated carbocycles. The molecule has 0 amide bonds. The van der Waals surface area contributed by atoms with Crippen LogP contribution in [0.2, 0.25) is 5.02 Å². The van der Waals surface area contributed by atoms with Gasteiger partial charge in [0.05, 0.1) is 5.02 Å². The van der Waals surface area contributed by atoms with Crippen molar-refractivity contribution in [2.24, 2.45) is 11.7 Å². The summed E-state index contributed by atoms with van der Waals surface area (Å²) in [6.45, 7) is 4.18. The first kappa shape index (κ1) is 14.0. The number of rotatable bonds is 3. The summed E-state index contributed by atoms with van der Waals surface area (Å²) in [4.78, 5) is 2.37. The molecule has 2 unspecified atom stereocenters. The Morgan fingerprint density at radius 2 is 2.15 bits per heavy atom. The van der Waals surface area contributed by atoms with Crippen molar-refractivity contribution in [3.8, 4) is 11.5 Å². The standard InChI is InChI=1S/C15H21ClN2O2/c1-3-10-11(13-4-9(6-17)7-18(13)2)5-12(16)15-14(10)19-8-20-15/h5,9,13H,3-4,6-8,17H2,1-2H3. The van der Waals surface area contributed by atoms with Gasteiger partial charge in [-0.2, -0.15) is 0 Å². The number of ether oxygens (including phenoxy) is 2. The van der Waals surface area contributed by atoms with E-state index in [-0.39, 0.29) is 6.79 Å². The lowest BCUT2D eigenvalue weighted by molar-refractivity contribution is 0.173. The second kappa shape index (κ2) is 5.43. The van der Waals surface area contributed by atoms with E-state index < -0.39 is 0 Å². The zero-order valence-corrected chi connectivity index (χ0v) is 12.7. The van der Waals surface area contributed by atoms with E-state index in [1.54, 1.807) is 0 Å². The Morgan fingerprint density at radius 3 is 2.80 bits per heavy atom. The number of nitrogens with zero attached hydrogens (tertiary/aromatic N) is 1. The number of hydrogen-bond donors (Lipinski definition) is 1. The van der Waals surface area contributed by atoms with Gasteiger partial charge in [0.1, 0.15) is 0 Å². The lowest BCUT2D eigenvalue weighted by atomic mass is 9.93. The third-order valence-corrected chi connectivity index (χ3v) is 4.70. The van der Waals surface area contributed by atoms with Gasteiger partial charge in [0.25, 0.3) is 0 Å². The van der Waals surface area contributed by atoms with Crippen LogP contribution in [-0.4, -0.2) is 31.8 Å².